The number of aliphatic carboxylic acids is 1. The van der Waals surface area contributed by atoms with Crippen LogP contribution < -0.4 is 4.74 Å². The maximum absolute atomic E-state index is 12.8. The fraction of sp³-hybridized carbons (Fsp3) is 0.435. The van der Waals surface area contributed by atoms with Crippen molar-refractivity contribution in [3.05, 3.63) is 52.5 Å². The molecule has 3 nitrogen and oxygen atoms in total. The maximum atomic E-state index is 12.8. The maximum Gasteiger partial charge on any atom is 0.422 e. The fourth-order valence-electron chi connectivity index (χ4n) is 3.43. The van der Waals surface area contributed by atoms with Gasteiger partial charge in [-0.1, -0.05) is 37.6 Å². The molecule has 2 saturated carbocycles. The van der Waals surface area contributed by atoms with Crippen LogP contribution in [0.1, 0.15) is 37.3 Å². The lowest BCUT2D eigenvalue weighted by Crippen LogP contribution is -2.19. The van der Waals surface area contributed by atoms with E-state index >= 15 is 0 Å². The van der Waals surface area contributed by atoms with Crippen LogP contribution in [-0.2, 0) is 11.0 Å². The number of fused-ring (bicyclic) bond motifs is 1. The van der Waals surface area contributed by atoms with Crippen molar-refractivity contribution < 1.29 is 41.0 Å². The monoisotopic (exact) mass is 494 g/mol. The molecule has 33 heavy (non-hydrogen) atoms. The van der Waals surface area contributed by atoms with Gasteiger partial charge >= 0.3 is 18.3 Å². The van der Waals surface area contributed by atoms with Gasteiger partial charge in [0.15, 0.2) is 6.61 Å². The summed E-state index contributed by atoms with van der Waals surface area (Å²) in [4.78, 5) is 9.70. The van der Waals surface area contributed by atoms with E-state index in [-0.39, 0.29) is 22.3 Å². The summed E-state index contributed by atoms with van der Waals surface area (Å²) in [6.45, 7) is 1.75. The molecule has 1 N–H and O–H groups in total. The highest BCUT2D eigenvalue weighted by Gasteiger charge is 2.64. The molecule has 0 saturated heterocycles. The predicted octanol–water partition coefficient (Wildman–Crippen LogP) is 7.43. The molecule has 0 bridgehead atoms. The van der Waals surface area contributed by atoms with Crippen LogP contribution in [0.4, 0.5) is 26.3 Å². The van der Waals surface area contributed by atoms with Crippen molar-refractivity contribution in [2.24, 2.45) is 17.8 Å². The zero-order valence-corrected chi connectivity index (χ0v) is 18.4. The van der Waals surface area contributed by atoms with Gasteiger partial charge in [-0.2, -0.15) is 26.3 Å². The Morgan fingerprint density at radius 3 is 2.03 bits per heavy atom. The fourth-order valence-corrected chi connectivity index (χ4v) is 3.72. The van der Waals surface area contributed by atoms with Crippen LogP contribution in [-0.4, -0.2) is 23.9 Å². The first-order valence-electron chi connectivity index (χ1n) is 10.1. The number of hydrogen-bond donors (Lipinski definition) is 1. The van der Waals surface area contributed by atoms with Gasteiger partial charge in [0.05, 0.1) is 16.5 Å². The van der Waals surface area contributed by atoms with E-state index in [1.165, 1.54) is 12.1 Å². The molecule has 180 valence electrons. The van der Waals surface area contributed by atoms with Crippen molar-refractivity contribution in [2.45, 2.75) is 38.5 Å². The summed E-state index contributed by atoms with van der Waals surface area (Å²) < 4.78 is 80.9. The van der Waals surface area contributed by atoms with E-state index < -0.39 is 30.5 Å². The van der Waals surface area contributed by atoms with Crippen LogP contribution in [0.5, 0.6) is 5.75 Å². The van der Waals surface area contributed by atoms with Crippen LogP contribution in [0.3, 0.4) is 0 Å². The summed E-state index contributed by atoms with van der Waals surface area (Å²) in [6.07, 6.45) is -7.93. The Labute approximate surface area is 191 Å². The predicted molar refractivity (Wildman–Crippen MR) is 110 cm³/mol. The molecule has 10 heteroatoms. The van der Waals surface area contributed by atoms with E-state index in [1.807, 2.05) is 0 Å². The zero-order chi connectivity index (χ0) is 24.7. The first kappa shape index (κ1) is 25.2. The molecule has 4 rings (SSSR count). The van der Waals surface area contributed by atoms with Crippen LogP contribution in [0.15, 0.2) is 36.4 Å². The number of carboxylic acid groups (broad SMARTS) is 1. The summed E-state index contributed by atoms with van der Waals surface area (Å²) >= 11 is 6.18. The highest BCUT2D eigenvalue weighted by molar-refractivity contribution is 6.32. The number of carboxylic acids is 1. The number of rotatable bonds is 5. The molecule has 0 radical (unpaired) electrons. The lowest BCUT2D eigenvalue weighted by molar-refractivity contribution is -0.153. The van der Waals surface area contributed by atoms with Gasteiger partial charge in [0.25, 0.3) is 0 Å². The number of benzene rings is 2. The minimum atomic E-state index is -4.56. The smallest absolute Gasteiger partial charge is 0.422 e. The molecule has 2 fully saturated rings. The molecule has 2 aromatic carbocycles. The molecule has 2 atom stereocenters. The molecule has 0 heterocycles. The second-order valence-corrected chi connectivity index (χ2v) is 8.85. The lowest BCUT2D eigenvalue weighted by Gasteiger charge is -2.18. The molecule has 0 aromatic heterocycles. The molecule has 0 spiro atoms. The summed E-state index contributed by atoms with van der Waals surface area (Å²) in [5.74, 6) is 0.353. The first-order valence-corrected chi connectivity index (χ1v) is 10.5. The van der Waals surface area contributed by atoms with E-state index in [9.17, 15) is 31.1 Å². The third-order valence-corrected chi connectivity index (χ3v) is 5.80. The summed E-state index contributed by atoms with van der Waals surface area (Å²) in [5.41, 5.74) is 0.630. The molecule has 2 unspecified atom stereocenters. The number of hydrogen-bond acceptors (Lipinski definition) is 2. The number of carbonyl (C=O) groups is 1. The molecular weight excluding hydrogens is 474 g/mol. The third-order valence-electron chi connectivity index (χ3n) is 5.52. The van der Waals surface area contributed by atoms with Gasteiger partial charge in [0.2, 0.25) is 0 Å². The lowest BCUT2D eigenvalue weighted by atomic mass is 9.96. The minimum Gasteiger partial charge on any atom is -0.482 e. The quantitative estimate of drug-likeness (QED) is 0.440. The molecule has 0 amide bonds. The van der Waals surface area contributed by atoms with Crippen LogP contribution >= 0.6 is 11.6 Å². The van der Waals surface area contributed by atoms with Crippen molar-refractivity contribution in [2.75, 3.05) is 6.61 Å². The van der Waals surface area contributed by atoms with Crippen LogP contribution in [0.2, 0.25) is 5.02 Å². The molecule has 2 aromatic rings. The number of alkyl halides is 6. The standard InChI is InChI=1S/C19H13ClF6O.C4H8O2/c20-15-6-10(16-13-7-14(13)16)5-12(17(15)27-8-18(21,22)23)9-1-3-11(4-2-9)19(24,25)26;1-3(2)4(5)6/h1-6,13-14,16H,7-8H2;3H,1-2H3,(H,5,6). The summed E-state index contributed by atoms with van der Waals surface area (Å²) in [6, 6.07) is 7.48. The van der Waals surface area contributed by atoms with Crippen molar-refractivity contribution in [3.8, 4) is 16.9 Å². The normalized spacial score (nSPS) is 21.1. The third kappa shape index (κ3) is 6.34. The van der Waals surface area contributed by atoms with Gasteiger partial charge in [-0.3, -0.25) is 4.79 Å². The Hall–Kier alpha value is -2.42. The van der Waals surface area contributed by atoms with Crippen molar-refractivity contribution in [3.63, 3.8) is 0 Å². The Bertz CT molecular complexity index is 1010. The topological polar surface area (TPSA) is 46.5 Å². The number of ether oxygens (including phenoxy) is 1. The van der Waals surface area contributed by atoms with Crippen molar-refractivity contribution in [1.82, 2.24) is 0 Å². The van der Waals surface area contributed by atoms with Gasteiger partial charge in [-0.05, 0) is 59.6 Å². The zero-order valence-electron chi connectivity index (χ0n) is 17.6. The summed E-state index contributed by atoms with van der Waals surface area (Å²) in [7, 11) is 0. The SMILES string of the molecule is CC(C)C(=O)O.FC(F)(F)COc1c(Cl)cc(C2C3CC32)cc1-c1ccc(C(F)(F)F)cc1. The second kappa shape index (κ2) is 9.08. The molecule has 2 aliphatic rings. The molecular formula is C23H21ClF6O3. The van der Waals surface area contributed by atoms with Gasteiger partial charge in [-0.25, -0.2) is 0 Å². The van der Waals surface area contributed by atoms with Gasteiger partial charge in [0, 0.05) is 5.56 Å². The summed E-state index contributed by atoms with van der Waals surface area (Å²) in [5, 5.41) is 8.02. The van der Waals surface area contributed by atoms with E-state index in [2.05, 4.69) is 0 Å². The van der Waals surface area contributed by atoms with E-state index in [0.29, 0.717) is 23.3 Å². The number of halogens is 7. The van der Waals surface area contributed by atoms with Gasteiger partial charge in [0.1, 0.15) is 5.75 Å². The highest BCUT2D eigenvalue weighted by atomic mass is 35.5. The van der Waals surface area contributed by atoms with E-state index in [4.69, 9.17) is 21.4 Å². The van der Waals surface area contributed by atoms with Crippen LogP contribution in [0, 0.1) is 17.8 Å². The van der Waals surface area contributed by atoms with Gasteiger partial charge in [-0.15, -0.1) is 0 Å². The largest absolute Gasteiger partial charge is 0.482 e. The molecule has 0 aliphatic heterocycles. The molecule has 2 aliphatic carbocycles. The Balaban J connectivity index is 0.000000454. The van der Waals surface area contributed by atoms with E-state index in [0.717, 1.165) is 24.1 Å². The van der Waals surface area contributed by atoms with Crippen molar-refractivity contribution >= 4 is 17.6 Å². The van der Waals surface area contributed by atoms with Crippen molar-refractivity contribution in [1.29, 1.82) is 0 Å². The Morgan fingerprint density at radius 1 is 1.09 bits per heavy atom. The Morgan fingerprint density at radius 2 is 1.64 bits per heavy atom. The first-order chi connectivity index (χ1) is 15.2. The van der Waals surface area contributed by atoms with Gasteiger partial charge < -0.3 is 9.84 Å². The minimum absolute atomic E-state index is 0.0259. The Kier molecular flexibility index (Phi) is 6.94. The average Bonchev–Trinajstić information content (AvgIpc) is 3.58. The van der Waals surface area contributed by atoms with E-state index in [1.54, 1.807) is 26.0 Å². The second-order valence-electron chi connectivity index (χ2n) is 8.44. The average molecular weight is 495 g/mol. The highest BCUT2D eigenvalue weighted by Crippen LogP contribution is 2.73. The van der Waals surface area contributed by atoms with Crippen LogP contribution in [0.25, 0.3) is 11.1 Å².